The Hall–Kier alpha value is -4.79. The minimum atomic E-state index is -0.587. The van der Waals surface area contributed by atoms with Gasteiger partial charge in [-0.1, -0.05) is 30.3 Å². The maximum Gasteiger partial charge on any atom is 0.285 e. The van der Waals surface area contributed by atoms with Crippen LogP contribution in [-0.4, -0.2) is 28.4 Å². The highest BCUT2D eigenvalue weighted by Gasteiger charge is 2.27. The van der Waals surface area contributed by atoms with E-state index in [0.717, 1.165) is 11.1 Å². The number of carbonyl (C=O) groups excluding carboxylic acids is 3. The maximum atomic E-state index is 13.1. The van der Waals surface area contributed by atoms with Crippen molar-refractivity contribution in [1.29, 1.82) is 0 Å². The highest BCUT2D eigenvalue weighted by molar-refractivity contribution is 6.40. The minimum absolute atomic E-state index is 0.134. The molecule has 0 saturated heterocycles. The van der Waals surface area contributed by atoms with E-state index in [1.165, 1.54) is 11.3 Å². The molecule has 0 fully saturated rings. The molecule has 1 aliphatic heterocycles. The van der Waals surface area contributed by atoms with E-state index in [2.05, 4.69) is 20.9 Å². The van der Waals surface area contributed by atoms with Crippen LogP contribution in [0, 0.1) is 13.8 Å². The molecule has 0 bridgehead atoms. The van der Waals surface area contributed by atoms with E-state index in [-0.39, 0.29) is 24.5 Å². The van der Waals surface area contributed by atoms with E-state index in [4.69, 9.17) is 4.42 Å². The molecular formula is C27H23N5O4. The van der Waals surface area contributed by atoms with Crippen LogP contribution >= 0.6 is 0 Å². The van der Waals surface area contributed by atoms with Crippen molar-refractivity contribution in [2.45, 2.75) is 26.7 Å². The molecular weight excluding hydrogens is 458 g/mol. The minimum Gasteiger partial charge on any atom is -0.463 e. The van der Waals surface area contributed by atoms with E-state index in [1.807, 2.05) is 44.2 Å². The Balaban J connectivity index is 1.37. The van der Waals surface area contributed by atoms with Crippen molar-refractivity contribution in [3.05, 3.63) is 83.6 Å². The average Bonchev–Trinajstić information content (AvgIpc) is 3.43. The zero-order chi connectivity index (χ0) is 25.2. The second-order valence-electron chi connectivity index (χ2n) is 8.50. The molecule has 2 aromatic carbocycles. The van der Waals surface area contributed by atoms with Gasteiger partial charge in [-0.3, -0.25) is 25.2 Å². The predicted molar refractivity (Wildman–Crippen MR) is 135 cm³/mol. The van der Waals surface area contributed by atoms with Gasteiger partial charge in [0.25, 0.3) is 11.8 Å². The quantitative estimate of drug-likeness (QED) is 0.427. The standard InChI is InChI=1S/C27H23N5O4/c1-16-9-10-17(2)23(14-16)32-25(33)12-11-21(31-32)27(35)30-29-26(34)19-15-22(24-8-5-13-36-24)28-20-7-4-3-6-18(19)20/h3-10,13-15H,11-12H2,1-2H3,(H,29,34)(H,30,35). The lowest BCUT2D eigenvalue weighted by Gasteiger charge is -2.24. The number of benzene rings is 2. The zero-order valence-electron chi connectivity index (χ0n) is 19.7. The van der Waals surface area contributed by atoms with Crippen LogP contribution in [0.2, 0.25) is 0 Å². The number of nitrogens with zero attached hydrogens (tertiary/aromatic N) is 3. The average molecular weight is 482 g/mol. The number of aromatic nitrogens is 1. The smallest absolute Gasteiger partial charge is 0.285 e. The lowest BCUT2D eigenvalue weighted by Crippen LogP contribution is -2.47. The van der Waals surface area contributed by atoms with Gasteiger partial charge in [0.1, 0.15) is 11.4 Å². The van der Waals surface area contributed by atoms with Crippen molar-refractivity contribution in [2.75, 3.05) is 5.01 Å². The summed E-state index contributed by atoms with van der Waals surface area (Å²) in [7, 11) is 0. The number of pyridine rings is 1. The Kier molecular flexibility index (Phi) is 6.03. The molecule has 180 valence electrons. The molecule has 0 radical (unpaired) electrons. The number of para-hydroxylation sites is 1. The summed E-state index contributed by atoms with van der Waals surface area (Å²) in [5.41, 5.74) is 8.94. The first-order chi connectivity index (χ1) is 17.4. The second-order valence-corrected chi connectivity index (χ2v) is 8.50. The molecule has 1 aliphatic rings. The molecule has 0 spiro atoms. The molecule has 0 aliphatic carbocycles. The predicted octanol–water partition coefficient (Wildman–Crippen LogP) is 4.06. The Labute approximate surface area is 206 Å². The maximum absolute atomic E-state index is 13.1. The molecule has 3 heterocycles. The van der Waals surface area contributed by atoms with Gasteiger partial charge in [0, 0.05) is 18.2 Å². The third-order valence-corrected chi connectivity index (χ3v) is 5.91. The summed E-state index contributed by atoms with van der Waals surface area (Å²) < 4.78 is 5.44. The number of amides is 3. The molecule has 2 aromatic heterocycles. The van der Waals surface area contributed by atoms with Crippen LogP contribution in [0.25, 0.3) is 22.4 Å². The summed E-state index contributed by atoms with van der Waals surface area (Å²) in [4.78, 5) is 43.1. The molecule has 2 N–H and O–H groups in total. The summed E-state index contributed by atoms with van der Waals surface area (Å²) in [6.07, 6.45) is 1.83. The monoisotopic (exact) mass is 481 g/mol. The summed E-state index contributed by atoms with van der Waals surface area (Å²) in [5, 5.41) is 6.18. The highest BCUT2D eigenvalue weighted by Crippen LogP contribution is 2.26. The van der Waals surface area contributed by atoms with Crippen molar-refractivity contribution in [2.24, 2.45) is 5.10 Å². The lowest BCUT2D eigenvalue weighted by atomic mass is 10.1. The number of nitrogens with one attached hydrogen (secondary N) is 2. The fourth-order valence-corrected chi connectivity index (χ4v) is 4.02. The zero-order valence-corrected chi connectivity index (χ0v) is 19.7. The molecule has 3 amide bonds. The Morgan fingerprint density at radius 1 is 0.944 bits per heavy atom. The number of fused-ring (bicyclic) bond motifs is 1. The SMILES string of the molecule is Cc1ccc(C)c(N2N=C(C(=O)NNC(=O)c3cc(-c4ccco4)nc4ccccc34)CCC2=O)c1. The van der Waals surface area contributed by atoms with Crippen molar-refractivity contribution in [3.63, 3.8) is 0 Å². The van der Waals surface area contributed by atoms with E-state index < -0.39 is 11.8 Å². The molecule has 9 heteroatoms. The molecule has 9 nitrogen and oxygen atoms in total. The third-order valence-electron chi connectivity index (χ3n) is 5.91. The first-order valence-corrected chi connectivity index (χ1v) is 11.4. The van der Waals surface area contributed by atoms with Gasteiger partial charge in [-0.05, 0) is 55.3 Å². The van der Waals surface area contributed by atoms with Gasteiger partial charge in [-0.2, -0.15) is 5.10 Å². The van der Waals surface area contributed by atoms with E-state index in [0.29, 0.717) is 33.6 Å². The van der Waals surface area contributed by atoms with Crippen LogP contribution in [0.4, 0.5) is 5.69 Å². The Bertz CT molecular complexity index is 1520. The van der Waals surface area contributed by atoms with Gasteiger partial charge >= 0.3 is 0 Å². The fourth-order valence-electron chi connectivity index (χ4n) is 4.02. The number of hydrogen-bond acceptors (Lipinski definition) is 6. The van der Waals surface area contributed by atoms with Crippen LogP contribution in [-0.2, 0) is 9.59 Å². The molecule has 0 unspecified atom stereocenters. The number of aryl methyl sites for hydroxylation is 2. The van der Waals surface area contributed by atoms with Crippen LogP contribution in [0.1, 0.15) is 34.3 Å². The Morgan fingerprint density at radius 3 is 2.56 bits per heavy atom. The first-order valence-electron chi connectivity index (χ1n) is 11.4. The lowest BCUT2D eigenvalue weighted by molar-refractivity contribution is -0.119. The number of hydrogen-bond donors (Lipinski definition) is 2. The number of rotatable bonds is 4. The Morgan fingerprint density at radius 2 is 1.75 bits per heavy atom. The fraction of sp³-hybridized carbons (Fsp3) is 0.148. The van der Waals surface area contributed by atoms with E-state index in [1.54, 1.807) is 30.3 Å². The van der Waals surface area contributed by atoms with Gasteiger partial charge in [-0.15, -0.1) is 0 Å². The topological polar surface area (TPSA) is 117 Å². The third kappa shape index (κ3) is 4.46. The van der Waals surface area contributed by atoms with Crippen molar-refractivity contribution >= 4 is 40.0 Å². The van der Waals surface area contributed by atoms with E-state index >= 15 is 0 Å². The highest BCUT2D eigenvalue weighted by atomic mass is 16.3. The molecule has 36 heavy (non-hydrogen) atoms. The largest absolute Gasteiger partial charge is 0.463 e. The number of hydrazine groups is 1. The number of anilines is 1. The van der Waals surface area contributed by atoms with Crippen molar-refractivity contribution in [1.82, 2.24) is 15.8 Å². The normalized spacial score (nSPS) is 13.4. The number of furan rings is 1. The number of hydrazone groups is 1. The van der Waals surface area contributed by atoms with E-state index in [9.17, 15) is 14.4 Å². The summed E-state index contributed by atoms with van der Waals surface area (Å²) in [5.74, 6) is -0.783. The van der Waals surface area contributed by atoms with Gasteiger partial charge in [0.15, 0.2) is 5.76 Å². The van der Waals surface area contributed by atoms with Crippen LogP contribution in [0.5, 0.6) is 0 Å². The van der Waals surface area contributed by atoms with Crippen LogP contribution in [0.15, 0.2) is 76.4 Å². The number of carbonyl (C=O) groups is 3. The molecule has 4 aromatic rings. The van der Waals surface area contributed by atoms with Gasteiger partial charge < -0.3 is 4.42 Å². The van der Waals surface area contributed by atoms with Gasteiger partial charge in [-0.25, -0.2) is 9.99 Å². The first kappa shape index (κ1) is 23.0. The summed E-state index contributed by atoms with van der Waals surface area (Å²) in [6.45, 7) is 3.80. The van der Waals surface area contributed by atoms with Crippen molar-refractivity contribution < 1.29 is 18.8 Å². The second kappa shape index (κ2) is 9.46. The summed E-state index contributed by atoms with van der Waals surface area (Å²) >= 11 is 0. The summed E-state index contributed by atoms with van der Waals surface area (Å²) in [6, 6.07) is 18.0. The van der Waals surface area contributed by atoms with Gasteiger partial charge in [0.05, 0.1) is 23.0 Å². The van der Waals surface area contributed by atoms with Crippen molar-refractivity contribution in [3.8, 4) is 11.5 Å². The molecule has 0 saturated carbocycles. The van der Waals surface area contributed by atoms with Crippen LogP contribution in [0.3, 0.4) is 0 Å². The van der Waals surface area contributed by atoms with Crippen LogP contribution < -0.4 is 15.9 Å². The van der Waals surface area contributed by atoms with Gasteiger partial charge in [0.2, 0.25) is 5.91 Å². The molecule has 0 atom stereocenters. The molecule has 5 rings (SSSR count).